The number of nitrogens with zero attached hydrogens (tertiary/aromatic N) is 3. The molecule has 9 heteroatoms. The van der Waals surface area contributed by atoms with Crippen LogP contribution in [0.15, 0.2) is 42.6 Å². The molecule has 0 radical (unpaired) electrons. The second-order valence-corrected chi connectivity index (χ2v) is 7.34. The largest absolute Gasteiger partial charge is 0.433 e. The molecule has 29 heavy (non-hydrogen) atoms. The lowest BCUT2D eigenvalue weighted by molar-refractivity contribution is -0.142. The number of amides is 1. The molecule has 1 aromatic carbocycles. The summed E-state index contributed by atoms with van der Waals surface area (Å²) in [5.41, 5.74) is 0.191. The van der Waals surface area contributed by atoms with Gasteiger partial charge in [-0.3, -0.25) is 19.6 Å². The second-order valence-electron chi connectivity index (χ2n) is 6.93. The minimum Gasteiger partial charge on any atom is -0.351 e. The smallest absolute Gasteiger partial charge is 0.351 e. The van der Waals surface area contributed by atoms with Crippen LogP contribution in [0.25, 0.3) is 0 Å². The van der Waals surface area contributed by atoms with E-state index in [1.54, 1.807) is 6.07 Å². The maximum Gasteiger partial charge on any atom is 0.433 e. The van der Waals surface area contributed by atoms with E-state index in [2.05, 4.69) is 10.3 Å². The quantitative estimate of drug-likeness (QED) is 0.770. The molecule has 156 valence electrons. The summed E-state index contributed by atoms with van der Waals surface area (Å²) in [5.74, 6) is -0.106. The zero-order chi connectivity index (χ0) is 20.9. The molecule has 5 nitrogen and oxygen atoms in total. The lowest BCUT2D eigenvalue weighted by atomic mass is 10.1. The number of carbonyl (C=O) groups excluding carboxylic acids is 1. The monoisotopic (exact) mass is 426 g/mol. The van der Waals surface area contributed by atoms with Crippen molar-refractivity contribution < 1.29 is 18.0 Å². The van der Waals surface area contributed by atoms with Gasteiger partial charge in [0.1, 0.15) is 5.69 Å². The summed E-state index contributed by atoms with van der Waals surface area (Å²) in [5, 5.41) is 3.46. The molecule has 3 rings (SSSR count). The minimum absolute atomic E-state index is 0.106. The Morgan fingerprint density at radius 3 is 2.38 bits per heavy atom. The first kappa shape index (κ1) is 21.5. The highest BCUT2D eigenvalue weighted by Gasteiger charge is 2.35. The molecule has 1 aliphatic rings. The first-order chi connectivity index (χ1) is 13.8. The van der Waals surface area contributed by atoms with Crippen LogP contribution < -0.4 is 5.32 Å². The Bertz CT molecular complexity index is 838. The second kappa shape index (κ2) is 9.56. The predicted molar refractivity (Wildman–Crippen MR) is 104 cm³/mol. The lowest BCUT2D eigenvalue weighted by Crippen LogP contribution is -2.49. The third-order valence-electron chi connectivity index (χ3n) is 4.82. The van der Waals surface area contributed by atoms with E-state index in [1.807, 2.05) is 28.0 Å². The van der Waals surface area contributed by atoms with Gasteiger partial charge in [-0.15, -0.1) is 0 Å². The van der Waals surface area contributed by atoms with Crippen LogP contribution in [0.5, 0.6) is 0 Å². The summed E-state index contributed by atoms with van der Waals surface area (Å²) in [6.07, 6.45) is -3.30. The van der Waals surface area contributed by atoms with Gasteiger partial charge in [0, 0.05) is 50.5 Å². The normalized spacial score (nSPS) is 16.0. The van der Waals surface area contributed by atoms with Crippen molar-refractivity contribution in [2.75, 3.05) is 32.7 Å². The number of hydrogen-bond acceptors (Lipinski definition) is 4. The van der Waals surface area contributed by atoms with E-state index >= 15 is 0 Å². The van der Waals surface area contributed by atoms with Gasteiger partial charge in [-0.1, -0.05) is 35.9 Å². The van der Waals surface area contributed by atoms with Crippen molar-refractivity contribution in [2.45, 2.75) is 19.3 Å². The van der Waals surface area contributed by atoms with Gasteiger partial charge >= 0.3 is 6.18 Å². The van der Waals surface area contributed by atoms with Gasteiger partial charge in [0.25, 0.3) is 0 Å². The lowest BCUT2D eigenvalue weighted by Gasteiger charge is -2.34. The number of rotatable bonds is 6. The van der Waals surface area contributed by atoms with Crippen molar-refractivity contribution in [2.24, 2.45) is 0 Å². The molecule has 0 bridgehead atoms. The average molecular weight is 427 g/mol. The van der Waals surface area contributed by atoms with E-state index in [9.17, 15) is 18.0 Å². The number of alkyl halides is 3. The number of carbonyl (C=O) groups is 1. The standard InChI is InChI=1S/C20H22ClF3N4O/c21-17-6-2-1-4-15(17)12-26-18(29)14-28-10-8-27(9-11-28)13-16-5-3-7-25-19(16)20(22,23)24/h1-7H,8-14H2,(H,26,29). The van der Waals surface area contributed by atoms with Gasteiger partial charge in [-0.05, 0) is 23.3 Å². The summed E-state index contributed by atoms with van der Waals surface area (Å²) in [4.78, 5) is 19.6. The predicted octanol–water partition coefficient (Wildman–Crippen LogP) is 3.19. The Morgan fingerprint density at radius 1 is 1.03 bits per heavy atom. The van der Waals surface area contributed by atoms with Gasteiger partial charge in [0.2, 0.25) is 5.91 Å². The van der Waals surface area contributed by atoms with E-state index in [4.69, 9.17) is 11.6 Å². The number of halogens is 4. The highest BCUT2D eigenvalue weighted by atomic mass is 35.5. The molecule has 1 aliphatic heterocycles. The summed E-state index contributed by atoms with van der Waals surface area (Å²) >= 11 is 6.08. The van der Waals surface area contributed by atoms with Gasteiger partial charge in [0.05, 0.1) is 6.54 Å². The van der Waals surface area contributed by atoms with Crippen molar-refractivity contribution in [1.29, 1.82) is 0 Å². The van der Waals surface area contributed by atoms with E-state index in [0.717, 1.165) is 11.8 Å². The number of piperazine rings is 1. The summed E-state index contributed by atoms with van der Waals surface area (Å²) < 4.78 is 39.3. The van der Waals surface area contributed by atoms with E-state index < -0.39 is 11.9 Å². The third-order valence-corrected chi connectivity index (χ3v) is 5.19. The highest BCUT2D eigenvalue weighted by molar-refractivity contribution is 6.31. The van der Waals surface area contributed by atoms with E-state index in [1.165, 1.54) is 12.1 Å². The van der Waals surface area contributed by atoms with Crippen molar-refractivity contribution in [3.8, 4) is 0 Å². The molecule has 2 heterocycles. The summed E-state index contributed by atoms with van der Waals surface area (Å²) in [6.45, 7) is 3.20. The van der Waals surface area contributed by atoms with E-state index in [-0.39, 0.29) is 24.6 Å². The van der Waals surface area contributed by atoms with Crippen LogP contribution in [-0.2, 0) is 24.1 Å². The molecule has 1 fully saturated rings. The average Bonchev–Trinajstić information content (AvgIpc) is 2.68. The molecule has 1 aromatic heterocycles. The molecule has 1 N–H and O–H groups in total. The number of nitrogens with one attached hydrogen (secondary N) is 1. The zero-order valence-corrected chi connectivity index (χ0v) is 16.5. The fraction of sp³-hybridized carbons (Fsp3) is 0.400. The van der Waals surface area contributed by atoms with Crippen LogP contribution in [-0.4, -0.2) is 53.4 Å². The van der Waals surface area contributed by atoms with Crippen LogP contribution in [0.4, 0.5) is 13.2 Å². The Hall–Kier alpha value is -2.16. The third kappa shape index (κ3) is 6.16. The number of pyridine rings is 1. The van der Waals surface area contributed by atoms with Crippen LogP contribution in [0, 0.1) is 0 Å². The van der Waals surface area contributed by atoms with Gasteiger partial charge < -0.3 is 5.32 Å². The fourth-order valence-corrected chi connectivity index (χ4v) is 3.46. The number of hydrogen-bond donors (Lipinski definition) is 1. The van der Waals surface area contributed by atoms with Crippen molar-refractivity contribution in [1.82, 2.24) is 20.1 Å². The fourth-order valence-electron chi connectivity index (χ4n) is 3.26. The molecule has 1 saturated heterocycles. The molecule has 1 amide bonds. The number of aromatic nitrogens is 1. The molecular formula is C20H22ClF3N4O. The van der Waals surface area contributed by atoms with Crippen molar-refractivity contribution in [3.63, 3.8) is 0 Å². The van der Waals surface area contributed by atoms with Crippen LogP contribution in [0.3, 0.4) is 0 Å². The maximum absolute atomic E-state index is 13.1. The molecule has 2 aromatic rings. The summed E-state index contributed by atoms with van der Waals surface area (Å²) in [6, 6.07) is 10.3. The number of benzene rings is 1. The first-order valence-corrected chi connectivity index (χ1v) is 9.66. The maximum atomic E-state index is 13.1. The Labute approximate surface area is 172 Å². The molecule has 0 atom stereocenters. The van der Waals surface area contributed by atoms with Gasteiger partial charge in [-0.25, -0.2) is 0 Å². The first-order valence-electron chi connectivity index (χ1n) is 9.29. The molecule has 0 spiro atoms. The molecular weight excluding hydrogens is 405 g/mol. The van der Waals surface area contributed by atoms with Crippen LogP contribution in [0.2, 0.25) is 5.02 Å². The topological polar surface area (TPSA) is 48.5 Å². The summed E-state index contributed by atoms with van der Waals surface area (Å²) in [7, 11) is 0. The minimum atomic E-state index is -4.46. The van der Waals surface area contributed by atoms with Crippen molar-refractivity contribution in [3.05, 3.63) is 64.4 Å². The van der Waals surface area contributed by atoms with Gasteiger partial charge in [0.15, 0.2) is 0 Å². The molecule has 0 aliphatic carbocycles. The Balaban J connectivity index is 1.45. The SMILES string of the molecule is O=C(CN1CCN(Cc2cccnc2C(F)(F)F)CC1)NCc1ccccc1Cl. The van der Waals surface area contributed by atoms with Gasteiger partial charge in [-0.2, -0.15) is 13.2 Å². The highest BCUT2D eigenvalue weighted by Crippen LogP contribution is 2.30. The van der Waals surface area contributed by atoms with Crippen molar-refractivity contribution >= 4 is 17.5 Å². The Morgan fingerprint density at radius 2 is 1.69 bits per heavy atom. The van der Waals surface area contributed by atoms with Crippen LogP contribution >= 0.6 is 11.6 Å². The van der Waals surface area contributed by atoms with Crippen LogP contribution in [0.1, 0.15) is 16.8 Å². The van der Waals surface area contributed by atoms with E-state index in [0.29, 0.717) is 37.7 Å². The molecule has 0 saturated carbocycles. The zero-order valence-electron chi connectivity index (χ0n) is 15.8. The Kier molecular flexibility index (Phi) is 7.10. The molecule has 0 unspecified atom stereocenters.